The summed E-state index contributed by atoms with van der Waals surface area (Å²) < 4.78 is 6.61. The molecule has 0 unspecified atom stereocenters. The number of carbonyl (C=O) groups excluding carboxylic acids is 3. The Kier molecular flexibility index (Phi) is 9.09. The molecule has 1 N–H and O–H groups in total. The number of hydrogen-bond acceptors (Lipinski definition) is 7. The molecule has 0 aliphatic carbocycles. The lowest BCUT2D eigenvalue weighted by Crippen LogP contribution is -2.27. The van der Waals surface area contributed by atoms with E-state index in [0.717, 1.165) is 30.6 Å². The molecule has 180 valence electrons. The monoisotopic (exact) mass is 483 g/mol. The SMILES string of the molecule is CCCCCCn1nc(C(=O)OCC(=O)c2ccc(CCNC(C)=O)s2)c2ccccc2c1=O. The van der Waals surface area contributed by atoms with Crippen LogP contribution in [0, 0.1) is 0 Å². The molecule has 0 aliphatic heterocycles. The molecule has 0 fully saturated rings. The number of carbonyl (C=O) groups is 3. The quantitative estimate of drug-likeness (QED) is 0.239. The van der Waals surface area contributed by atoms with Gasteiger partial charge in [0.2, 0.25) is 11.7 Å². The van der Waals surface area contributed by atoms with Gasteiger partial charge >= 0.3 is 5.97 Å². The molecular formula is C25H29N3O5S. The molecular weight excluding hydrogens is 454 g/mol. The Morgan fingerprint density at radius 3 is 2.56 bits per heavy atom. The number of ether oxygens (including phenoxy) is 1. The summed E-state index contributed by atoms with van der Waals surface area (Å²) in [6.45, 7) is 4.05. The van der Waals surface area contributed by atoms with E-state index in [2.05, 4.69) is 17.3 Å². The smallest absolute Gasteiger partial charge is 0.359 e. The highest BCUT2D eigenvalue weighted by Gasteiger charge is 2.20. The maximum atomic E-state index is 12.9. The van der Waals surface area contributed by atoms with Crippen molar-refractivity contribution in [2.45, 2.75) is 52.5 Å². The van der Waals surface area contributed by atoms with E-state index in [4.69, 9.17) is 4.74 Å². The molecule has 2 aromatic heterocycles. The van der Waals surface area contributed by atoms with Crippen LogP contribution in [-0.2, 0) is 22.5 Å². The second-order valence-corrected chi connectivity index (χ2v) is 9.15. The van der Waals surface area contributed by atoms with Gasteiger partial charge < -0.3 is 10.1 Å². The number of ketones is 1. The minimum atomic E-state index is -0.741. The fourth-order valence-corrected chi connectivity index (χ4v) is 4.45. The van der Waals surface area contributed by atoms with E-state index in [0.29, 0.717) is 35.2 Å². The second-order valence-electron chi connectivity index (χ2n) is 7.98. The number of esters is 1. The van der Waals surface area contributed by atoms with E-state index in [1.165, 1.54) is 22.9 Å². The van der Waals surface area contributed by atoms with Crippen LogP contribution in [0.1, 0.15) is 64.6 Å². The molecule has 1 amide bonds. The van der Waals surface area contributed by atoms with Gasteiger partial charge in [0.15, 0.2) is 12.3 Å². The number of nitrogens with zero attached hydrogens (tertiary/aromatic N) is 2. The van der Waals surface area contributed by atoms with Crippen molar-refractivity contribution in [1.82, 2.24) is 15.1 Å². The highest BCUT2D eigenvalue weighted by Crippen LogP contribution is 2.19. The van der Waals surface area contributed by atoms with E-state index in [1.54, 1.807) is 30.3 Å². The lowest BCUT2D eigenvalue weighted by molar-refractivity contribution is -0.118. The molecule has 2 heterocycles. The molecule has 0 radical (unpaired) electrons. The highest BCUT2D eigenvalue weighted by atomic mass is 32.1. The van der Waals surface area contributed by atoms with Crippen LogP contribution in [0.5, 0.6) is 0 Å². The second kappa shape index (κ2) is 12.2. The van der Waals surface area contributed by atoms with Crippen molar-refractivity contribution in [3.63, 3.8) is 0 Å². The summed E-state index contributed by atoms with van der Waals surface area (Å²) in [6, 6.07) is 10.3. The molecule has 0 spiro atoms. The molecule has 0 saturated carbocycles. The third-order valence-electron chi connectivity index (χ3n) is 5.30. The standard InChI is InChI=1S/C25H29N3O5S/c1-3-4-5-8-15-28-24(31)20-10-7-6-9-19(20)23(27-28)25(32)33-16-21(30)22-12-11-18(34-22)13-14-26-17(2)29/h6-7,9-12H,3-5,8,13-16H2,1-2H3,(H,26,29). The zero-order valence-electron chi connectivity index (χ0n) is 19.5. The maximum absolute atomic E-state index is 12.9. The van der Waals surface area contributed by atoms with Crippen molar-refractivity contribution in [3.05, 3.63) is 62.2 Å². The third kappa shape index (κ3) is 6.60. The fraction of sp³-hybridized carbons (Fsp3) is 0.400. The maximum Gasteiger partial charge on any atom is 0.359 e. The van der Waals surface area contributed by atoms with E-state index >= 15 is 0 Å². The van der Waals surface area contributed by atoms with Gasteiger partial charge in [-0.3, -0.25) is 14.4 Å². The van der Waals surface area contributed by atoms with Crippen molar-refractivity contribution in [2.24, 2.45) is 0 Å². The number of nitrogens with one attached hydrogen (secondary N) is 1. The van der Waals surface area contributed by atoms with E-state index in [9.17, 15) is 19.2 Å². The van der Waals surface area contributed by atoms with E-state index in [-0.39, 0.29) is 22.9 Å². The molecule has 3 aromatic rings. The number of unbranched alkanes of at least 4 members (excludes halogenated alkanes) is 3. The first-order chi connectivity index (χ1) is 16.4. The number of hydrogen-bond donors (Lipinski definition) is 1. The van der Waals surface area contributed by atoms with Gasteiger partial charge in [0.05, 0.1) is 10.3 Å². The molecule has 34 heavy (non-hydrogen) atoms. The van der Waals surface area contributed by atoms with Crippen LogP contribution in [0.15, 0.2) is 41.2 Å². The summed E-state index contributed by atoms with van der Waals surface area (Å²) in [7, 11) is 0. The minimum absolute atomic E-state index is 0.0284. The van der Waals surface area contributed by atoms with Crippen LogP contribution in [-0.4, -0.2) is 40.6 Å². The van der Waals surface area contributed by atoms with Crippen LogP contribution in [0.4, 0.5) is 0 Å². The fourth-order valence-electron chi connectivity index (χ4n) is 3.52. The van der Waals surface area contributed by atoms with E-state index in [1.807, 2.05) is 6.07 Å². The molecule has 3 rings (SSSR count). The van der Waals surface area contributed by atoms with Gasteiger partial charge in [-0.25, -0.2) is 9.48 Å². The molecule has 0 bridgehead atoms. The molecule has 0 saturated heterocycles. The Morgan fingerprint density at radius 1 is 1.06 bits per heavy atom. The summed E-state index contributed by atoms with van der Waals surface area (Å²) in [5.74, 6) is -1.16. The normalized spacial score (nSPS) is 10.9. The first-order valence-electron chi connectivity index (χ1n) is 11.4. The lowest BCUT2D eigenvalue weighted by atomic mass is 10.1. The Balaban J connectivity index is 1.70. The van der Waals surface area contributed by atoms with Crippen LogP contribution in [0.2, 0.25) is 0 Å². The van der Waals surface area contributed by atoms with Crippen LogP contribution < -0.4 is 10.9 Å². The number of amides is 1. The summed E-state index contributed by atoms with van der Waals surface area (Å²) >= 11 is 1.31. The van der Waals surface area contributed by atoms with Crippen LogP contribution in [0.25, 0.3) is 10.8 Å². The summed E-state index contributed by atoms with van der Waals surface area (Å²) in [6.07, 6.45) is 4.52. The Morgan fingerprint density at radius 2 is 1.82 bits per heavy atom. The summed E-state index contributed by atoms with van der Waals surface area (Å²) in [4.78, 5) is 50.6. The number of aryl methyl sites for hydroxylation is 1. The molecule has 0 aliphatic rings. The van der Waals surface area contributed by atoms with Gasteiger partial charge in [0, 0.05) is 30.3 Å². The predicted molar refractivity (Wildman–Crippen MR) is 131 cm³/mol. The van der Waals surface area contributed by atoms with Gasteiger partial charge in [-0.15, -0.1) is 11.3 Å². The number of Topliss-reactive ketones (excluding diaryl/α,β-unsaturated/α-hetero) is 1. The zero-order chi connectivity index (χ0) is 24.5. The highest BCUT2D eigenvalue weighted by molar-refractivity contribution is 7.14. The molecule has 1 aromatic carbocycles. The molecule has 0 atom stereocenters. The van der Waals surface area contributed by atoms with Crippen molar-refractivity contribution >= 4 is 39.8 Å². The first kappa shape index (κ1) is 25.3. The third-order valence-corrected chi connectivity index (χ3v) is 6.49. The number of aromatic nitrogens is 2. The largest absolute Gasteiger partial charge is 0.452 e. The Labute approximate surface area is 201 Å². The van der Waals surface area contributed by atoms with Crippen molar-refractivity contribution in [2.75, 3.05) is 13.2 Å². The van der Waals surface area contributed by atoms with Gasteiger partial charge in [-0.05, 0) is 31.0 Å². The number of rotatable bonds is 12. The Hall–Kier alpha value is -3.33. The van der Waals surface area contributed by atoms with Crippen molar-refractivity contribution in [3.8, 4) is 0 Å². The van der Waals surface area contributed by atoms with Gasteiger partial charge in [-0.1, -0.05) is 44.4 Å². The number of fused-ring (bicyclic) bond motifs is 1. The summed E-state index contributed by atoms with van der Waals surface area (Å²) in [5.41, 5.74) is -0.217. The summed E-state index contributed by atoms with van der Waals surface area (Å²) in [5, 5.41) is 7.81. The average molecular weight is 484 g/mol. The topological polar surface area (TPSA) is 107 Å². The first-order valence-corrected chi connectivity index (χ1v) is 12.3. The van der Waals surface area contributed by atoms with Crippen LogP contribution >= 0.6 is 11.3 Å². The molecule has 8 nitrogen and oxygen atoms in total. The van der Waals surface area contributed by atoms with Crippen molar-refractivity contribution < 1.29 is 19.1 Å². The van der Waals surface area contributed by atoms with Gasteiger partial charge in [0.1, 0.15) is 0 Å². The van der Waals surface area contributed by atoms with Crippen molar-refractivity contribution in [1.29, 1.82) is 0 Å². The molecule has 9 heteroatoms. The minimum Gasteiger partial charge on any atom is -0.452 e. The predicted octanol–water partition coefficient (Wildman–Crippen LogP) is 3.76. The van der Waals surface area contributed by atoms with Crippen LogP contribution in [0.3, 0.4) is 0 Å². The average Bonchev–Trinajstić information content (AvgIpc) is 3.30. The van der Waals surface area contributed by atoms with Gasteiger partial charge in [-0.2, -0.15) is 5.10 Å². The zero-order valence-corrected chi connectivity index (χ0v) is 20.3. The lowest BCUT2D eigenvalue weighted by Gasteiger charge is -2.10. The number of thiophene rings is 1. The van der Waals surface area contributed by atoms with E-state index < -0.39 is 12.6 Å². The number of benzene rings is 1. The Bertz CT molecular complexity index is 1230. The van der Waals surface area contributed by atoms with Gasteiger partial charge in [0.25, 0.3) is 5.56 Å².